The molecule has 3 aromatic carbocycles. The molecule has 0 atom stereocenters. The molecule has 4 aromatic rings. The average molecular weight is 258 g/mol. The Hall–Kier alpha value is -2.74. The number of H-pyrrole nitrogens is 1. The van der Waals surface area contributed by atoms with Crippen molar-refractivity contribution in [1.82, 2.24) is 4.98 Å². The Balaban J connectivity index is 2.17. The van der Waals surface area contributed by atoms with Gasteiger partial charge in [0.25, 0.3) is 0 Å². The van der Waals surface area contributed by atoms with Crippen molar-refractivity contribution >= 4 is 27.5 Å². The first-order valence-electron chi connectivity index (χ1n) is 6.69. The normalized spacial score (nSPS) is 11.2. The monoisotopic (exact) mass is 258 g/mol. The van der Waals surface area contributed by atoms with Gasteiger partial charge >= 0.3 is 0 Å². The van der Waals surface area contributed by atoms with Gasteiger partial charge in [-0.2, -0.15) is 0 Å². The lowest BCUT2D eigenvalue weighted by Gasteiger charge is -2.07. The lowest BCUT2D eigenvalue weighted by molar-refractivity contribution is 1.53. The summed E-state index contributed by atoms with van der Waals surface area (Å²) < 4.78 is 0. The number of para-hydroxylation sites is 1. The van der Waals surface area contributed by atoms with Gasteiger partial charge in [-0.3, -0.25) is 0 Å². The number of hydrogen-bond donors (Lipinski definition) is 2. The molecule has 4 rings (SSSR count). The van der Waals surface area contributed by atoms with Crippen molar-refractivity contribution in [3.05, 3.63) is 66.7 Å². The Kier molecular flexibility index (Phi) is 2.30. The van der Waals surface area contributed by atoms with Gasteiger partial charge in [-0.05, 0) is 17.7 Å². The zero-order valence-electron chi connectivity index (χ0n) is 10.9. The zero-order valence-corrected chi connectivity index (χ0v) is 10.9. The smallest absolute Gasteiger partial charge is 0.0565 e. The molecule has 0 saturated heterocycles. The topological polar surface area (TPSA) is 41.8 Å². The standard InChI is InChI=1S/C18H14N2/c19-15-11-10-14-13-8-4-5-9-16(13)20-18(14)17(15)12-6-2-1-3-7-12/h1-11,20H,19H2. The number of hydrogen-bond acceptors (Lipinski definition) is 1. The highest BCUT2D eigenvalue weighted by atomic mass is 14.7. The van der Waals surface area contributed by atoms with E-state index in [1.807, 2.05) is 30.3 Å². The second-order valence-electron chi connectivity index (χ2n) is 4.99. The summed E-state index contributed by atoms with van der Waals surface area (Å²) in [6.07, 6.45) is 0. The van der Waals surface area contributed by atoms with Gasteiger partial charge in [0.05, 0.1) is 5.52 Å². The fourth-order valence-corrected chi connectivity index (χ4v) is 2.85. The first-order chi connectivity index (χ1) is 9.84. The molecule has 3 N–H and O–H groups in total. The quantitative estimate of drug-likeness (QED) is 0.482. The van der Waals surface area contributed by atoms with Gasteiger partial charge in [-0.15, -0.1) is 0 Å². The molecular formula is C18H14N2. The molecule has 1 heterocycles. The summed E-state index contributed by atoms with van der Waals surface area (Å²) in [6, 6.07) is 22.7. The van der Waals surface area contributed by atoms with Crippen molar-refractivity contribution in [2.45, 2.75) is 0 Å². The van der Waals surface area contributed by atoms with E-state index in [4.69, 9.17) is 5.73 Å². The maximum Gasteiger partial charge on any atom is 0.0565 e. The molecule has 0 saturated carbocycles. The van der Waals surface area contributed by atoms with Crippen molar-refractivity contribution in [1.29, 1.82) is 0 Å². The van der Waals surface area contributed by atoms with Crippen LogP contribution in [0, 0.1) is 0 Å². The molecule has 96 valence electrons. The number of rotatable bonds is 1. The van der Waals surface area contributed by atoms with Crippen LogP contribution in [0.1, 0.15) is 0 Å². The predicted octanol–water partition coefficient (Wildman–Crippen LogP) is 4.57. The first kappa shape index (κ1) is 11.1. The van der Waals surface area contributed by atoms with E-state index in [1.54, 1.807) is 0 Å². The second-order valence-corrected chi connectivity index (χ2v) is 4.99. The summed E-state index contributed by atoms with van der Waals surface area (Å²) >= 11 is 0. The third-order valence-corrected chi connectivity index (χ3v) is 3.78. The Morgan fingerprint density at radius 2 is 1.45 bits per heavy atom. The van der Waals surface area contributed by atoms with Crippen molar-refractivity contribution in [2.24, 2.45) is 0 Å². The van der Waals surface area contributed by atoms with Crippen molar-refractivity contribution in [2.75, 3.05) is 5.73 Å². The third-order valence-electron chi connectivity index (χ3n) is 3.78. The minimum Gasteiger partial charge on any atom is -0.398 e. The number of anilines is 1. The van der Waals surface area contributed by atoms with Crippen LogP contribution in [0.5, 0.6) is 0 Å². The van der Waals surface area contributed by atoms with Gasteiger partial charge in [0.1, 0.15) is 0 Å². The van der Waals surface area contributed by atoms with Gasteiger partial charge in [-0.25, -0.2) is 0 Å². The molecule has 0 amide bonds. The van der Waals surface area contributed by atoms with E-state index in [-0.39, 0.29) is 0 Å². The fourth-order valence-electron chi connectivity index (χ4n) is 2.85. The molecule has 0 aliphatic carbocycles. The summed E-state index contributed by atoms with van der Waals surface area (Å²) in [5.74, 6) is 0. The number of fused-ring (bicyclic) bond motifs is 3. The lowest BCUT2D eigenvalue weighted by Crippen LogP contribution is -1.90. The van der Waals surface area contributed by atoms with Crippen molar-refractivity contribution in [3.63, 3.8) is 0 Å². The van der Waals surface area contributed by atoms with Crippen LogP contribution in [0.15, 0.2) is 66.7 Å². The molecule has 0 radical (unpaired) electrons. The third kappa shape index (κ3) is 1.51. The van der Waals surface area contributed by atoms with Crippen LogP contribution in [0.4, 0.5) is 5.69 Å². The van der Waals surface area contributed by atoms with Gasteiger partial charge in [0.15, 0.2) is 0 Å². The van der Waals surface area contributed by atoms with Gasteiger partial charge in [-0.1, -0.05) is 54.6 Å². The first-order valence-corrected chi connectivity index (χ1v) is 6.69. The number of aromatic amines is 1. The second kappa shape index (κ2) is 4.14. The van der Waals surface area contributed by atoms with Crippen molar-refractivity contribution in [3.8, 4) is 11.1 Å². The maximum absolute atomic E-state index is 6.22. The van der Waals surface area contributed by atoms with E-state index in [2.05, 4.69) is 41.4 Å². The van der Waals surface area contributed by atoms with E-state index in [9.17, 15) is 0 Å². The highest BCUT2D eigenvalue weighted by molar-refractivity contribution is 6.13. The van der Waals surface area contributed by atoms with Crippen LogP contribution < -0.4 is 5.73 Å². The molecule has 0 aliphatic rings. The minimum atomic E-state index is 0.801. The molecule has 0 fully saturated rings. The summed E-state index contributed by atoms with van der Waals surface area (Å²) in [5, 5.41) is 2.45. The van der Waals surface area contributed by atoms with E-state index in [1.165, 1.54) is 10.8 Å². The Morgan fingerprint density at radius 1 is 0.700 bits per heavy atom. The summed E-state index contributed by atoms with van der Waals surface area (Å²) in [6.45, 7) is 0. The number of nitrogen functional groups attached to an aromatic ring is 1. The van der Waals surface area contributed by atoms with Crippen molar-refractivity contribution < 1.29 is 0 Å². The van der Waals surface area contributed by atoms with E-state index < -0.39 is 0 Å². The minimum absolute atomic E-state index is 0.801. The number of benzene rings is 3. The molecular weight excluding hydrogens is 244 g/mol. The number of aromatic nitrogens is 1. The summed E-state index contributed by atoms with van der Waals surface area (Å²) in [4.78, 5) is 3.51. The van der Waals surface area contributed by atoms with Crippen LogP contribution in [0.25, 0.3) is 32.9 Å². The van der Waals surface area contributed by atoms with Gasteiger partial charge in [0, 0.05) is 27.5 Å². The molecule has 0 aliphatic heterocycles. The van der Waals surface area contributed by atoms with E-state index in [0.717, 1.165) is 27.8 Å². The van der Waals surface area contributed by atoms with Crippen LogP contribution >= 0.6 is 0 Å². The zero-order chi connectivity index (χ0) is 13.5. The predicted molar refractivity (Wildman–Crippen MR) is 85.7 cm³/mol. The molecule has 2 heteroatoms. The van der Waals surface area contributed by atoms with Crippen LogP contribution in [-0.4, -0.2) is 4.98 Å². The molecule has 20 heavy (non-hydrogen) atoms. The summed E-state index contributed by atoms with van der Waals surface area (Å²) in [5.41, 5.74) is 11.5. The highest BCUT2D eigenvalue weighted by Gasteiger charge is 2.11. The summed E-state index contributed by atoms with van der Waals surface area (Å²) in [7, 11) is 0. The van der Waals surface area contributed by atoms with Crippen LogP contribution in [-0.2, 0) is 0 Å². The fraction of sp³-hybridized carbons (Fsp3) is 0. The van der Waals surface area contributed by atoms with Crippen LogP contribution in [0.2, 0.25) is 0 Å². The lowest BCUT2D eigenvalue weighted by atomic mass is 10.0. The molecule has 0 bridgehead atoms. The molecule has 0 spiro atoms. The Bertz CT molecular complexity index is 905. The Morgan fingerprint density at radius 3 is 2.30 bits per heavy atom. The number of nitrogens with one attached hydrogen (secondary N) is 1. The molecule has 1 aromatic heterocycles. The van der Waals surface area contributed by atoms with Crippen LogP contribution in [0.3, 0.4) is 0 Å². The molecule has 2 nitrogen and oxygen atoms in total. The Labute approximate surface area is 116 Å². The van der Waals surface area contributed by atoms with Gasteiger partial charge < -0.3 is 10.7 Å². The molecule has 0 unspecified atom stereocenters. The maximum atomic E-state index is 6.22. The average Bonchev–Trinajstić information content (AvgIpc) is 2.86. The van der Waals surface area contributed by atoms with E-state index in [0.29, 0.717) is 0 Å². The van der Waals surface area contributed by atoms with E-state index >= 15 is 0 Å². The SMILES string of the molecule is Nc1ccc2c([nH]c3ccccc32)c1-c1ccccc1. The van der Waals surface area contributed by atoms with Gasteiger partial charge in [0.2, 0.25) is 0 Å². The highest BCUT2D eigenvalue weighted by Crippen LogP contribution is 2.36. The largest absolute Gasteiger partial charge is 0.398 e. The number of nitrogens with two attached hydrogens (primary N) is 1.